The van der Waals surface area contributed by atoms with Crippen molar-refractivity contribution in [3.63, 3.8) is 0 Å². The Morgan fingerprint density at radius 3 is 2.75 bits per heavy atom. The maximum Gasteiger partial charge on any atom is 0.138 e. The van der Waals surface area contributed by atoms with Gasteiger partial charge in [-0.15, -0.1) is 0 Å². The first-order valence-corrected chi connectivity index (χ1v) is 7.74. The number of allylic oxidation sites excluding steroid dienone is 1. The highest BCUT2D eigenvalue weighted by atomic mass is 16.5. The maximum atomic E-state index is 5.70. The summed E-state index contributed by atoms with van der Waals surface area (Å²) in [5.41, 5.74) is 3.14. The van der Waals surface area contributed by atoms with Gasteiger partial charge < -0.3 is 4.74 Å². The topological polar surface area (TPSA) is 22.1 Å². The SMILES string of the molecule is CCc1ccc(OCC=C(C)CCC2CC2(C)C)cn1. The van der Waals surface area contributed by atoms with Crippen LogP contribution >= 0.6 is 0 Å². The number of hydrogen-bond acceptors (Lipinski definition) is 2. The number of aromatic nitrogens is 1. The number of ether oxygens (including phenoxy) is 1. The molecule has 2 nitrogen and oxygen atoms in total. The molecule has 1 aromatic heterocycles. The van der Waals surface area contributed by atoms with Gasteiger partial charge in [0.1, 0.15) is 12.4 Å². The number of nitrogens with zero attached hydrogens (tertiary/aromatic N) is 1. The first-order chi connectivity index (χ1) is 9.51. The van der Waals surface area contributed by atoms with Crippen molar-refractivity contribution in [1.82, 2.24) is 4.98 Å². The molecule has 0 saturated heterocycles. The van der Waals surface area contributed by atoms with Crippen molar-refractivity contribution in [1.29, 1.82) is 0 Å². The van der Waals surface area contributed by atoms with E-state index in [1.807, 2.05) is 18.3 Å². The highest BCUT2D eigenvalue weighted by Crippen LogP contribution is 2.54. The second-order valence-electron chi connectivity index (χ2n) is 6.63. The zero-order chi connectivity index (χ0) is 14.6. The van der Waals surface area contributed by atoms with Crippen molar-refractivity contribution < 1.29 is 4.74 Å². The molecule has 1 saturated carbocycles. The molecule has 1 heterocycles. The van der Waals surface area contributed by atoms with E-state index in [1.165, 1.54) is 24.8 Å². The molecule has 1 aliphatic carbocycles. The van der Waals surface area contributed by atoms with Gasteiger partial charge in [0, 0.05) is 5.69 Å². The maximum absolute atomic E-state index is 5.70. The lowest BCUT2D eigenvalue weighted by atomic mass is 10.0. The molecule has 1 unspecified atom stereocenters. The van der Waals surface area contributed by atoms with E-state index in [1.54, 1.807) is 0 Å². The molecule has 0 aromatic carbocycles. The Kier molecular flexibility index (Phi) is 4.85. The lowest BCUT2D eigenvalue weighted by molar-refractivity contribution is 0.359. The van der Waals surface area contributed by atoms with Crippen molar-refractivity contribution in [3.8, 4) is 5.75 Å². The van der Waals surface area contributed by atoms with Gasteiger partial charge in [-0.1, -0.05) is 26.3 Å². The first-order valence-electron chi connectivity index (χ1n) is 7.74. The summed E-state index contributed by atoms with van der Waals surface area (Å²) < 4.78 is 5.70. The van der Waals surface area contributed by atoms with Gasteiger partial charge in [0.15, 0.2) is 0 Å². The predicted molar refractivity (Wildman–Crippen MR) is 84.0 cm³/mol. The fraction of sp³-hybridized carbons (Fsp3) is 0.611. The van der Waals surface area contributed by atoms with Crippen molar-refractivity contribution in [3.05, 3.63) is 35.7 Å². The van der Waals surface area contributed by atoms with Gasteiger partial charge >= 0.3 is 0 Å². The summed E-state index contributed by atoms with van der Waals surface area (Å²) >= 11 is 0. The number of rotatable bonds is 7. The first kappa shape index (κ1) is 15.1. The third kappa shape index (κ3) is 4.36. The molecule has 1 aliphatic rings. The Hall–Kier alpha value is -1.31. The van der Waals surface area contributed by atoms with Crippen LogP contribution in [0.25, 0.3) is 0 Å². The van der Waals surface area contributed by atoms with Crippen molar-refractivity contribution in [2.24, 2.45) is 11.3 Å². The van der Waals surface area contributed by atoms with Crippen LogP contribution < -0.4 is 4.74 Å². The number of aryl methyl sites for hydroxylation is 1. The van der Waals surface area contributed by atoms with Gasteiger partial charge in [0.2, 0.25) is 0 Å². The van der Waals surface area contributed by atoms with Gasteiger partial charge in [0.05, 0.1) is 6.20 Å². The van der Waals surface area contributed by atoms with E-state index in [2.05, 4.69) is 38.8 Å². The van der Waals surface area contributed by atoms with E-state index >= 15 is 0 Å². The summed E-state index contributed by atoms with van der Waals surface area (Å²) in [5.74, 6) is 1.78. The van der Waals surface area contributed by atoms with Crippen LogP contribution in [0.2, 0.25) is 0 Å². The van der Waals surface area contributed by atoms with Crippen LogP contribution in [0.4, 0.5) is 0 Å². The molecule has 2 heteroatoms. The molecule has 0 bridgehead atoms. The molecule has 0 amide bonds. The lowest BCUT2D eigenvalue weighted by Crippen LogP contribution is -1.97. The summed E-state index contributed by atoms with van der Waals surface area (Å²) in [6.45, 7) is 9.69. The van der Waals surface area contributed by atoms with Crippen LogP contribution in [0.5, 0.6) is 5.75 Å². The average molecular weight is 273 g/mol. The minimum Gasteiger partial charge on any atom is -0.488 e. The summed E-state index contributed by atoms with van der Waals surface area (Å²) in [5, 5.41) is 0. The minimum absolute atomic E-state index is 0.601. The third-order valence-corrected chi connectivity index (χ3v) is 4.45. The van der Waals surface area contributed by atoms with Gasteiger partial charge in [-0.2, -0.15) is 0 Å². The van der Waals surface area contributed by atoms with Gasteiger partial charge in [-0.3, -0.25) is 4.98 Å². The van der Waals surface area contributed by atoms with Crippen LogP contribution in [0.1, 0.15) is 52.7 Å². The van der Waals surface area contributed by atoms with Crippen molar-refractivity contribution >= 4 is 0 Å². The van der Waals surface area contributed by atoms with E-state index < -0.39 is 0 Å². The predicted octanol–water partition coefficient (Wildman–Crippen LogP) is 4.80. The van der Waals surface area contributed by atoms with Crippen LogP contribution in [0, 0.1) is 11.3 Å². The summed E-state index contributed by atoms with van der Waals surface area (Å²) in [7, 11) is 0. The summed E-state index contributed by atoms with van der Waals surface area (Å²) in [4.78, 5) is 4.33. The smallest absolute Gasteiger partial charge is 0.138 e. The minimum atomic E-state index is 0.601. The molecule has 1 aromatic rings. The largest absolute Gasteiger partial charge is 0.488 e. The fourth-order valence-electron chi connectivity index (χ4n) is 2.56. The fourth-order valence-corrected chi connectivity index (χ4v) is 2.56. The second kappa shape index (κ2) is 6.43. The van der Waals surface area contributed by atoms with Gasteiger partial charge in [0.25, 0.3) is 0 Å². The molecular formula is C18H27NO. The Morgan fingerprint density at radius 1 is 1.45 bits per heavy atom. The Labute approximate surface area is 123 Å². The monoisotopic (exact) mass is 273 g/mol. The van der Waals surface area contributed by atoms with E-state index in [0.717, 1.165) is 23.8 Å². The summed E-state index contributed by atoms with van der Waals surface area (Å²) in [6.07, 6.45) is 8.90. The molecule has 0 spiro atoms. The molecule has 2 rings (SSSR count). The molecule has 1 atom stereocenters. The molecule has 0 N–H and O–H groups in total. The van der Waals surface area contributed by atoms with Crippen LogP contribution in [0.3, 0.4) is 0 Å². The molecule has 110 valence electrons. The Morgan fingerprint density at radius 2 is 2.20 bits per heavy atom. The Balaban J connectivity index is 1.69. The van der Waals surface area contributed by atoms with E-state index in [9.17, 15) is 0 Å². The molecule has 0 radical (unpaired) electrons. The van der Waals surface area contributed by atoms with Crippen LogP contribution in [-0.4, -0.2) is 11.6 Å². The number of hydrogen-bond donors (Lipinski definition) is 0. The van der Waals surface area contributed by atoms with E-state index in [-0.39, 0.29) is 0 Å². The zero-order valence-corrected chi connectivity index (χ0v) is 13.3. The quantitative estimate of drug-likeness (QED) is 0.666. The molecular weight excluding hydrogens is 246 g/mol. The average Bonchev–Trinajstić information content (AvgIpc) is 3.05. The van der Waals surface area contributed by atoms with E-state index in [4.69, 9.17) is 4.74 Å². The highest BCUT2D eigenvalue weighted by molar-refractivity contribution is 5.20. The third-order valence-electron chi connectivity index (χ3n) is 4.45. The van der Waals surface area contributed by atoms with Crippen molar-refractivity contribution in [2.45, 2.75) is 53.4 Å². The normalized spacial score (nSPS) is 20.8. The summed E-state index contributed by atoms with van der Waals surface area (Å²) in [6, 6.07) is 4.03. The van der Waals surface area contributed by atoms with Crippen LogP contribution in [-0.2, 0) is 6.42 Å². The van der Waals surface area contributed by atoms with E-state index in [0.29, 0.717) is 12.0 Å². The lowest BCUT2D eigenvalue weighted by Gasteiger charge is -2.06. The highest BCUT2D eigenvalue weighted by Gasteiger charge is 2.44. The second-order valence-corrected chi connectivity index (χ2v) is 6.63. The zero-order valence-electron chi connectivity index (χ0n) is 13.3. The van der Waals surface area contributed by atoms with Gasteiger partial charge in [-0.25, -0.2) is 0 Å². The van der Waals surface area contributed by atoms with Gasteiger partial charge in [-0.05, 0) is 62.1 Å². The molecule has 20 heavy (non-hydrogen) atoms. The molecule has 1 fully saturated rings. The Bertz CT molecular complexity index is 459. The van der Waals surface area contributed by atoms with Crippen LogP contribution in [0.15, 0.2) is 30.0 Å². The number of pyridine rings is 1. The van der Waals surface area contributed by atoms with Crippen molar-refractivity contribution in [2.75, 3.05) is 6.61 Å². The molecule has 0 aliphatic heterocycles. The standard InChI is InChI=1S/C18H27NO/c1-5-16-8-9-17(13-19-16)20-11-10-14(2)6-7-15-12-18(15,3)4/h8-10,13,15H,5-7,11-12H2,1-4H3.